The van der Waals surface area contributed by atoms with Crippen molar-refractivity contribution >= 4 is 39.0 Å². The van der Waals surface area contributed by atoms with Gasteiger partial charge in [0, 0.05) is 17.0 Å². The van der Waals surface area contributed by atoms with E-state index >= 15 is 0 Å². The van der Waals surface area contributed by atoms with Crippen LogP contribution in [0, 0.1) is 6.92 Å². The molecule has 0 heterocycles. The Morgan fingerprint density at radius 1 is 1.12 bits per heavy atom. The van der Waals surface area contributed by atoms with Gasteiger partial charge < -0.3 is 10.1 Å². The molecule has 0 aliphatic carbocycles. The summed E-state index contributed by atoms with van der Waals surface area (Å²) in [6.45, 7) is 1.32. The Bertz CT molecular complexity index is 923. The number of ether oxygens (including phenoxy) is 1. The molecule has 26 heavy (non-hydrogen) atoms. The van der Waals surface area contributed by atoms with Crippen molar-refractivity contribution in [2.45, 2.75) is 12.7 Å². The minimum Gasteiger partial charge on any atom is -0.452 e. The van der Waals surface area contributed by atoms with E-state index in [0.717, 1.165) is 11.8 Å². The Kier molecular flexibility index (Phi) is 6.39. The van der Waals surface area contributed by atoms with Crippen LogP contribution in [-0.4, -0.2) is 33.2 Å². The van der Waals surface area contributed by atoms with Gasteiger partial charge in [-0.15, -0.1) is 0 Å². The third-order valence-electron chi connectivity index (χ3n) is 3.49. The second kappa shape index (κ2) is 8.33. The molecule has 0 atom stereocenters. The number of amides is 1. The molecule has 6 nitrogen and oxygen atoms in total. The van der Waals surface area contributed by atoms with Crippen molar-refractivity contribution in [2.75, 3.05) is 18.2 Å². The van der Waals surface area contributed by atoms with Gasteiger partial charge in [0.2, 0.25) is 0 Å². The van der Waals surface area contributed by atoms with Crippen LogP contribution in [0.1, 0.15) is 21.5 Å². The van der Waals surface area contributed by atoms with Crippen LogP contribution in [0.15, 0.2) is 42.5 Å². The molecule has 1 amide bonds. The van der Waals surface area contributed by atoms with Crippen molar-refractivity contribution in [1.29, 1.82) is 0 Å². The van der Waals surface area contributed by atoms with Gasteiger partial charge in [-0.3, -0.25) is 4.79 Å². The molecule has 1 N–H and O–H groups in total. The van der Waals surface area contributed by atoms with E-state index in [-0.39, 0.29) is 11.3 Å². The lowest BCUT2D eigenvalue weighted by Gasteiger charge is -2.10. The van der Waals surface area contributed by atoms with E-state index in [0.29, 0.717) is 16.3 Å². The van der Waals surface area contributed by atoms with Crippen LogP contribution in [0.2, 0.25) is 5.02 Å². The van der Waals surface area contributed by atoms with Crippen molar-refractivity contribution < 1.29 is 22.7 Å². The van der Waals surface area contributed by atoms with Crippen molar-refractivity contribution in [3.63, 3.8) is 0 Å². The minimum atomic E-state index is -3.15. The van der Waals surface area contributed by atoms with Crippen molar-refractivity contribution in [3.8, 4) is 0 Å². The topological polar surface area (TPSA) is 89.5 Å². The van der Waals surface area contributed by atoms with Gasteiger partial charge in [-0.25, -0.2) is 13.2 Å². The largest absolute Gasteiger partial charge is 0.452 e. The number of rotatable bonds is 6. The lowest BCUT2D eigenvalue weighted by atomic mass is 10.1. The summed E-state index contributed by atoms with van der Waals surface area (Å²) < 4.78 is 27.5. The van der Waals surface area contributed by atoms with Crippen molar-refractivity contribution in [1.82, 2.24) is 0 Å². The normalized spacial score (nSPS) is 11.0. The fourth-order valence-corrected chi connectivity index (χ4v) is 3.16. The maximum Gasteiger partial charge on any atom is 0.338 e. The van der Waals surface area contributed by atoms with E-state index in [1.54, 1.807) is 25.1 Å². The highest BCUT2D eigenvalue weighted by Crippen LogP contribution is 2.22. The van der Waals surface area contributed by atoms with Gasteiger partial charge >= 0.3 is 5.97 Å². The molecule has 2 rings (SSSR count). The molecule has 0 saturated carbocycles. The van der Waals surface area contributed by atoms with Crippen LogP contribution in [0.3, 0.4) is 0 Å². The van der Waals surface area contributed by atoms with E-state index in [1.165, 1.54) is 24.3 Å². The Balaban J connectivity index is 1.91. The molecule has 2 aromatic rings. The molecule has 0 fully saturated rings. The van der Waals surface area contributed by atoms with Crippen LogP contribution in [0.4, 0.5) is 5.69 Å². The number of carbonyl (C=O) groups is 2. The highest BCUT2D eigenvalue weighted by molar-refractivity contribution is 7.89. The monoisotopic (exact) mass is 395 g/mol. The number of halogens is 1. The zero-order valence-corrected chi connectivity index (χ0v) is 15.9. The average Bonchev–Trinajstić information content (AvgIpc) is 2.56. The maximum atomic E-state index is 12.0. The predicted octanol–water partition coefficient (Wildman–Crippen LogP) is 2.99. The first-order chi connectivity index (χ1) is 12.2. The van der Waals surface area contributed by atoms with E-state index in [9.17, 15) is 18.0 Å². The van der Waals surface area contributed by atoms with E-state index in [1.807, 2.05) is 0 Å². The van der Waals surface area contributed by atoms with Gasteiger partial charge in [0.05, 0.1) is 11.3 Å². The molecule has 2 aromatic carbocycles. The van der Waals surface area contributed by atoms with Crippen LogP contribution in [-0.2, 0) is 25.1 Å². The Hall–Kier alpha value is -2.38. The first-order valence-corrected chi connectivity index (χ1v) is 10.1. The van der Waals surface area contributed by atoms with Crippen molar-refractivity contribution in [2.24, 2.45) is 0 Å². The zero-order chi connectivity index (χ0) is 19.3. The molecule has 138 valence electrons. The van der Waals surface area contributed by atoms with E-state index in [4.69, 9.17) is 16.3 Å². The molecule has 0 saturated heterocycles. The lowest BCUT2D eigenvalue weighted by Crippen LogP contribution is -2.21. The molecule has 8 heteroatoms. The summed E-state index contributed by atoms with van der Waals surface area (Å²) in [4.78, 5) is 23.9. The van der Waals surface area contributed by atoms with Crippen LogP contribution in [0.5, 0.6) is 0 Å². The number of hydrogen-bond donors (Lipinski definition) is 1. The van der Waals surface area contributed by atoms with Crippen LogP contribution in [0.25, 0.3) is 0 Å². The third kappa shape index (κ3) is 5.86. The first kappa shape index (κ1) is 19.9. The summed E-state index contributed by atoms with van der Waals surface area (Å²) >= 11 is 5.98. The average molecular weight is 396 g/mol. The van der Waals surface area contributed by atoms with Gasteiger partial charge in [0.15, 0.2) is 16.4 Å². The molecule has 0 unspecified atom stereocenters. The number of esters is 1. The van der Waals surface area contributed by atoms with Gasteiger partial charge in [0.25, 0.3) is 5.91 Å². The lowest BCUT2D eigenvalue weighted by molar-refractivity contribution is -0.119. The molecular formula is C18H18ClNO5S. The smallest absolute Gasteiger partial charge is 0.338 e. The van der Waals surface area contributed by atoms with Crippen LogP contribution >= 0.6 is 11.6 Å². The van der Waals surface area contributed by atoms with E-state index in [2.05, 4.69) is 5.32 Å². The van der Waals surface area contributed by atoms with E-state index < -0.39 is 28.3 Å². The summed E-state index contributed by atoms with van der Waals surface area (Å²) in [5.41, 5.74) is 2.06. The second-order valence-corrected chi connectivity index (χ2v) is 8.35. The molecular weight excluding hydrogens is 378 g/mol. The molecule has 0 bridgehead atoms. The molecule has 0 spiro atoms. The summed E-state index contributed by atoms with van der Waals surface area (Å²) in [7, 11) is -3.15. The summed E-state index contributed by atoms with van der Waals surface area (Å²) in [6, 6.07) is 11.1. The van der Waals surface area contributed by atoms with Gasteiger partial charge in [-0.1, -0.05) is 29.8 Å². The van der Waals surface area contributed by atoms with Crippen molar-refractivity contribution in [3.05, 3.63) is 64.2 Å². The molecule has 0 aliphatic heterocycles. The second-order valence-electron chi connectivity index (χ2n) is 5.80. The highest BCUT2D eigenvalue weighted by Gasteiger charge is 2.12. The Morgan fingerprint density at radius 3 is 2.38 bits per heavy atom. The van der Waals surface area contributed by atoms with Gasteiger partial charge in [-0.2, -0.15) is 0 Å². The SMILES string of the molecule is Cc1c(Cl)cccc1NC(=O)COC(=O)c1ccc(CS(C)(=O)=O)cc1. The number of sulfone groups is 1. The number of carbonyl (C=O) groups excluding carboxylic acids is 2. The fourth-order valence-electron chi connectivity index (χ4n) is 2.18. The Labute approximate surface area is 157 Å². The number of anilines is 1. The van der Waals surface area contributed by atoms with Gasteiger partial charge in [-0.05, 0) is 42.3 Å². The number of hydrogen-bond acceptors (Lipinski definition) is 5. The standard InChI is InChI=1S/C18H18ClNO5S/c1-12-15(19)4-3-5-16(12)20-17(21)10-25-18(22)14-8-6-13(7-9-14)11-26(2,23)24/h3-9H,10-11H2,1-2H3,(H,20,21). The first-order valence-electron chi connectivity index (χ1n) is 7.64. The quantitative estimate of drug-likeness (QED) is 0.759. The summed E-state index contributed by atoms with van der Waals surface area (Å²) in [5, 5.41) is 3.15. The molecule has 0 aliphatic rings. The third-order valence-corrected chi connectivity index (χ3v) is 4.76. The molecule has 0 aromatic heterocycles. The summed E-state index contributed by atoms with van der Waals surface area (Å²) in [5.74, 6) is -1.27. The fraction of sp³-hybridized carbons (Fsp3) is 0.222. The highest BCUT2D eigenvalue weighted by atomic mass is 35.5. The Morgan fingerprint density at radius 2 is 1.77 bits per heavy atom. The molecule has 0 radical (unpaired) electrons. The zero-order valence-electron chi connectivity index (χ0n) is 14.3. The van der Waals surface area contributed by atoms with Crippen LogP contribution < -0.4 is 5.32 Å². The number of nitrogens with one attached hydrogen (secondary N) is 1. The maximum absolute atomic E-state index is 12.0. The minimum absolute atomic E-state index is 0.107. The van der Waals surface area contributed by atoms with Gasteiger partial charge in [0.1, 0.15) is 0 Å². The predicted molar refractivity (Wildman–Crippen MR) is 100 cm³/mol. The number of benzene rings is 2. The summed E-state index contributed by atoms with van der Waals surface area (Å²) in [6.07, 6.45) is 1.13.